The van der Waals surface area contributed by atoms with E-state index in [2.05, 4.69) is 0 Å². The largest absolute Gasteiger partial charge is 0.460 e. The summed E-state index contributed by atoms with van der Waals surface area (Å²) in [5.41, 5.74) is 0. The molecule has 0 amide bonds. The normalized spacial score (nSPS) is 21.8. The first kappa shape index (κ1) is 17.8. The zero-order chi connectivity index (χ0) is 16.9. The summed E-state index contributed by atoms with van der Waals surface area (Å²) in [6.45, 7) is 0. The third-order valence-electron chi connectivity index (χ3n) is 3.08. The molecule has 0 bridgehead atoms. The van der Waals surface area contributed by atoms with Crippen molar-refractivity contribution >= 4 is 11.6 Å². The van der Waals surface area contributed by atoms with Gasteiger partial charge in [-0.05, 0) is 12.8 Å². The van der Waals surface area contributed by atoms with Crippen LogP contribution < -0.4 is 0 Å². The van der Waals surface area contributed by atoms with Crippen LogP contribution in [0, 0.1) is 5.92 Å². The van der Waals surface area contributed by atoms with Crippen LogP contribution in [0.5, 0.6) is 0 Å². The molecular formula is C10H7F9O2. The SMILES string of the molecule is O=C1CCCC1C(=O)C(F)(F)C(F)(F)C(F)(F)C(F)(F)F. The molecule has 1 unspecified atom stereocenters. The van der Waals surface area contributed by atoms with Crippen LogP contribution in [-0.4, -0.2) is 35.5 Å². The average molecular weight is 330 g/mol. The van der Waals surface area contributed by atoms with Crippen molar-refractivity contribution in [2.75, 3.05) is 0 Å². The number of rotatable bonds is 4. The van der Waals surface area contributed by atoms with Crippen LogP contribution in [0.15, 0.2) is 0 Å². The van der Waals surface area contributed by atoms with E-state index in [4.69, 9.17) is 0 Å². The standard InChI is InChI=1S/C10H7F9O2/c11-7(12,6(21)4-2-1-3-5(4)20)8(13,14)9(15,16)10(17,18)19/h4H,1-3H2. The van der Waals surface area contributed by atoms with Crippen molar-refractivity contribution in [1.82, 2.24) is 0 Å². The number of halogens is 9. The molecule has 11 heteroatoms. The van der Waals surface area contributed by atoms with E-state index in [1.807, 2.05) is 0 Å². The topological polar surface area (TPSA) is 34.1 Å². The third kappa shape index (κ3) is 2.50. The van der Waals surface area contributed by atoms with Gasteiger partial charge in [-0.2, -0.15) is 39.5 Å². The van der Waals surface area contributed by atoms with Crippen LogP contribution in [0.2, 0.25) is 0 Å². The molecule has 21 heavy (non-hydrogen) atoms. The van der Waals surface area contributed by atoms with Gasteiger partial charge in [0.15, 0.2) is 0 Å². The molecule has 1 rings (SSSR count). The lowest BCUT2D eigenvalue weighted by molar-refractivity contribution is -0.388. The van der Waals surface area contributed by atoms with Crippen molar-refractivity contribution in [2.45, 2.75) is 43.2 Å². The first-order chi connectivity index (χ1) is 9.18. The van der Waals surface area contributed by atoms with Gasteiger partial charge in [0.05, 0.1) is 5.92 Å². The average Bonchev–Trinajstić information content (AvgIpc) is 2.72. The van der Waals surface area contributed by atoms with Gasteiger partial charge in [-0.3, -0.25) is 9.59 Å². The Balaban J connectivity index is 3.21. The molecule has 0 N–H and O–H groups in total. The quantitative estimate of drug-likeness (QED) is 0.585. The second-order valence-corrected chi connectivity index (χ2v) is 4.50. The summed E-state index contributed by atoms with van der Waals surface area (Å²) in [6.07, 6.45) is -8.11. The van der Waals surface area contributed by atoms with E-state index in [0.29, 0.717) is 0 Å². The molecule has 0 aliphatic heterocycles. The Bertz CT molecular complexity index is 452. The summed E-state index contributed by atoms with van der Waals surface area (Å²) in [5.74, 6) is -26.9. The van der Waals surface area contributed by atoms with Crippen molar-refractivity contribution in [2.24, 2.45) is 5.92 Å². The molecule has 1 fully saturated rings. The Morgan fingerprint density at radius 3 is 1.71 bits per heavy atom. The predicted octanol–water partition coefficient (Wildman–Crippen LogP) is 3.39. The summed E-state index contributed by atoms with van der Waals surface area (Å²) in [5, 5.41) is 0. The van der Waals surface area contributed by atoms with Crippen molar-refractivity contribution in [3.05, 3.63) is 0 Å². The smallest absolute Gasteiger partial charge is 0.299 e. The molecule has 1 aliphatic carbocycles. The molecule has 0 saturated heterocycles. The van der Waals surface area contributed by atoms with Crippen LogP contribution in [0.1, 0.15) is 19.3 Å². The zero-order valence-electron chi connectivity index (χ0n) is 9.92. The summed E-state index contributed by atoms with van der Waals surface area (Å²) in [4.78, 5) is 22.2. The lowest BCUT2D eigenvalue weighted by Gasteiger charge is -2.33. The molecule has 0 spiro atoms. The number of Topliss-reactive ketones (excluding diaryl/α,β-unsaturated/α-hetero) is 2. The van der Waals surface area contributed by atoms with E-state index in [1.165, 1.54) is 0 Å². The minimum atomic E-state index is -7.12. The van der Waals surface area contributed by atoms with Gasteiger partial charge < -0.3 is 0 Å². The van der Waals surface area contributed by atoms with Crippen molar-refractivity contribution < 1.29 is 49.1 Å². The van der Waals surface area contributed by atoms with Gasteiger partial charge in [0.1, 0.15) is 5.78 Å². The number of carbonyl (C=O) groups excluding carboxylic acids is 2. The molecule has 1 atom stereocenters. The molecular weight excluding hydrogens is 323 g/mol. The van der Waals surface area contributed by atoms with E-state index in [9.17, 15) is 49.1 Å². The van der Waals surface area contributed by atoms with Gasteiger partial charge in [-0.1, -0.05) is 0 Å². The van der Waals surface area contributed by atoms with Crippen LogP contribution in [-0.2, 0) is 9.59 Å². The highest BCUT2D eigenvalue weighted by molar-refractivity contribution is 6.07. The van der Waals surface area contributed by atoms with E-state index in [-0.39, 0.29) is 6.42 Å². The Kier molecular flexibility index (Phi) is 4.12. The Morgan fingerprint density at radius 2 is 1.38 bits per heavy atom. The Morgan fingerprint density at radius 1 is 0.905 bits per heavy atom. The lowest BCUT2D eigenvalue weighted by atomic mass is 9.90. The van der Waals surface area contributed by atoms with Gasteiger partial charge in [-0.15, -0.1) is 0 Å². The van der Waals surface area contributed by atoms with Crippen LogP contribution in [0.3, 0.4) is 0 Å². The number of hydrogen-bond donors (Lipinski definition) is 0. The molecule has 122 valence electrons. The monoisotopic (exact) mass is 330 g/mol. The van der Waals surface area contributed by atoms with E-state index in [0.717, 1.165) is 0 Å². The summed E-state index contributed by atoms with van der Waals surface area (Å²) >= 11 is 0. The van der Waals surface area contributed by atoms with Crippen molar-refractivity contribution in [1.29, 1.82) is 0 Å². The Labute approximate surface area is 111 Å². The zero-order valence-corrected chi connectivity index (χ0v) is 9.92. The van der Waals surface area contributed by atoms with Crippen LogP contribution in [0.4, 0.5) is 39.5 Å². The number of alkyl halides is 9. The maximum absolute atomic E-state index is 13.2. The van der Waals surface area contributed by atoms with Crippen LogP contribution >= 0.6 is 0 Å². The fourth-order valence-electron chi connectivity index (χ4n) is 1.84. The van der Waals surface area contributed by atoms with E-state index < -0.39 is 54.3 Å². The van der Waals surface area contributed by atoms with Gasteiger partial charge >= 0.3 is 23.9 Å². The second-order valence-electron chi connectivity index (χ2n) is 4.50. The highest BCUT2D eigenvalue weighted by Crippen LogP contribution is 2.54. The minimum Gasteiger partial charge on any atom is -0.299 e. The number of hydrogen-bond acceptors (Lipinski definition) is 2. The maximum atomic E-state index is 13.2. The molecule has 0 heterocycles. The first-order valence-electron chi connectivity index (χ1n) is 5.45. The summed E-state index contributed by atoms with van der Waals surface area (Å²) in [7, 11) is 0. The molecule has 0 aromatic heterocycles. The van der Waals surface area contributed by atoms with E-state index >= 15 is 0 Å². The maximum Gasteiger partial charge on any atom is 0.460 e. The van der Waals surface area contributed by atoms with Gasteiger partial charge in [0, 0.05) is 6.42 Å². The predicted molar refractivity (Wildman–Crippen MR) is 48.3 cm³/mol. The fourth-order valence-corrected chi connectivity index (χ4v) is 1.84. The summed E-state index contributed by atoms with van der Waals surface area (Å²) in [6, 6.07) is 0. The van der Waals surface area contributed by atoms with Gasteiger partial charge in [0.2, 0.25) is 5.78 Å². The lowest BCUT2D eigenvalue weighted by Crippen LogP contribution is -2.64. The highest BCUT2D eigenvalue weighted by atomic mass is 19.4. The van der Waals surface area contributed by atoms with Crippen molar-refractivity contribution in [3.63, 3.8) is 0 Å². The van der Waals surface area contributed by atoms with Gasteiger partial charge in [-0.25, -0.2) is 0 Å². The molecule has 2 nitrogen and oxygen atoms in total. The Hall–Kier alpha value is -1.29. The third-order valence-corrected chi connectivity index (χ3v) is 3.08. The molecule has 1 aliphatic rings. The minimum absolute atomic E-state index is 0.118. The molecule has 0 aromatic rings. The highest BCUT2D eigenvalue weighted by Gasteiger charge is 2.83. The van der Waals surface area contributed by atoms with Crippen molar-refractivity contribution in [3.8, 4) is 0 Å². The molecule has 0 radical (unpaired) electrons. The van der Waals surface area contributed by atoms with Gasteiger partial charge in [0.25, 0.3) is 0 Å². The van der Waals surface area contributed by atoms with E-state index in [1.54, 1.807) is 0 Å². The molecule has 1 saturated carbocycles. The van der Waals surface area contributed by atoms with Crippen LogP contribution in [0.25, 0.3) is 0 Å². The fraction of sp³-hybridized carbons (Fsp3) is 0.800. The summed E-state index contributed by atoms with van der Waals surface area (Å²) < 4.78 is 113. The molecule has 0 aromatic carbocycles. The first-order valence-corrected chi connectivity index (χ1v) is 5.45. The second kappa shape index (κ2) is 4.87. The number of ketones is 2. The number of carbonyl (C=O) groups is 2.